The van der Waals surface area contributed by atoms with E-state index in [0.717, 1.165) is 38.9 Å². The van der Waals surface area contributed by atoms with E-state index < -0.39 is 0 Å². The van der Waals surface area contributed by atoms with Crippen LogP contribution in [-0.4, -0.2) is 55.6 Å². The lowest BCUT2D eigenvalue weighted by molar-refractivity contribution is -0.126. The van der Waals surface area contributed by atoms with Crippen molar-refractivity contribution < 1.29 is 9.59 Å². The lowest BCUT2D eigenvalue weighted by atomic mass is 9.97. The molecule has 0 aliphatic carbocycles. The second-order valence-corrected chi connectivity index (χ2v) is 6.56. The van der Waals surface area contributed by atoms with Gasteiger partial charge < -0.3 is 20.9 Å². The van der Waals surface area contributed by atoms with Crippen molar-refractivity contribution in [3.05, 3.63) is 0 Å². The number of carbonyl (C=O) groups is 2. The van der Waals surface area contributed by atoms with Crippen molar-refractivity contribution in [2.75, 3.05) is 32.7 Å². The number of hydrogen-bond donors (Lipinski definition) is 3. The van der Waals surface area contributed by atoms with E-state index in [1.54, 1.807) is 4.90 Å². The van der Waals surface area contributed by atoms with E-state index in [9.17, 15) is 9.59 Å². The van der Waals surface area contributed by atoms with Gasteiger partial charge >= 0.3 is 6.03 Å². The smallest absolute Gasteiger partial charge is 0.317 e. The van der Waals surface area contributed by atoms with Gasteiger partial charge in [0.2, 0.25) is 5.91 Å². The van der Waals surface area contributed by atoms with Gasteiger partial charge in [0.15, 0.2) is 0 Å². The molecule has 6 nitrogen and oxygen atoms in total. The molecule has 2 fully saturated rings. The van der Waals surface area contributed by atoms with Gasteiger partial charge in [0, 0.05) is 32.2 Å². The first kappa shape index (κ1) is 16.1. The molecule has 0 aromatic carbocycles. The summed E-state index contributed by atoms with van der Waals surface area (Å²) in [4.78, 5) is 26.2. The first-order valence-corrected chi connectivity index (χ1v) is 8.10. The molecular formula is C15H28N4O2. The Balaban J connectivity index is 1.79. The van der Waals surface area contributed by atoms with Crippen molar-refractivity contribution in [1.29, 1.82) is 0 Å². The molecular weight excluding hydrogens is 268 g/mol. The zero-order chi connectivity index (χ0) is 15.2. The van der Waals surface area contributed by atoms with Crippen LogP contribution in [0.25, 0.3) is 0 Å². The molecule has 2 rings (SSSR count). The molecule has 2 aliphatic heterocycles. The number of hydrogen-bond acceptors (Lipinski definition) is 3. The lowest BCUT2D eigenvalue weighted by Gasteiger charge is -2.32. The first-order chi connectivity index (χ1) is 10.1. The predicted molar refractivity (Wildman–Crippen MR) is 82.0 cm³/mol. The number of amides is 3. The van der Waals surface area contributed by atoms with Crippen molar-refractivity contribution in [2.24, 2.45) is 11.8 Å². The Morgan fingerprint density at radius 1 is 1.33 bits per heavy atom. The minimum absolute atomic E-state index is 0.0382. The summed E-state index contributed by atoms with van der Waals surface area (Å²) >= 11 is 0. The van der Waals surface area contributed by atoms with E-state index in [-0.39, 0.29) is 23.9 Å². The van der Waals surface area contributed by atoms with Crippen LogP contribution in [0, 0.1) is 11.8 Å². The van der Waals surface area contributed by atoms with E-state index >= 15 is 0 Å². The van der Waals surface area contributed by atoms with Gasteiger partial charge in [-0.05, 0) is 31.7 Å². The first-order valence-electron chi connectivity index (χ1n) is 8.10. The Hall–Kier alpha value is -1.30. The van der Waals surface area contributed by atoms with Crippen LogP contribution in [0.3, 0.4) is 0 Å². The van der Waals surface area contributed by atoms with E-state index in [1.807, 2.05) is 0 Å². The molecule has 2 aliphatic rings. The largest absolute Gasteiger partial charge is 0.352 e. The van der Waals surface area contributed by atoms with Crippen molar-refractivity contribution in [3.63, 3.8) is 0 Å². The quantitative estimate of drug-likeness (QED) is 0.709. The molecule has 3 amide bonds. The van der Waals surface area contributed by atoms with Gasteiger partial charge in [-0.25, -0.2) is 4.79 Å². The molecule has 0 aromatic heterocycles. The minimum atomic E-state index is -0.0656. The van der Waals surface area contributed by atoms with Gasteiger partial charge in [-0.2, -0.15) is 0 Å². The average molecular weight is 296 g/mol. The third kappa shape index (κ3) is 4.88. The van der Waals surface area contributed by atoms with Crippen LogP contribution in [0.4, 0.5) is 4.79 Å². The van der Waals surface area contributed by atoms with Gasteiger partial charge in [-0.1, -0.05) is 13.8 Å². The van der Waals surface area contributed by atoms with Crippen LogP contribution >= 0.6 is 0 Å². The minimum Gasteiger partial charge on any atom is -0.352 e. The van der Waals surface area contributed by atoms with Crippen LogP contribution in [0.2, 0.25) is 0 Å². The molecule has 0 radical (unpaired) electrons. The van der Waals surface area contributed by atoms with Gasteiger partial charge in [-0.15, -0.1) is 0 Å². The number of nitrogens with zero attached hydrogens (tertiary/aromatic N) is 1. The molecule has 2 atom stereocenters. The molecule has 2 unspecified atom stereocenters. The molecule has 0 bridgehead atoms. The van der Waals surface area contributed by atoms with E-state index in [0.29, 0.717) is 19.0 Å². The Bertz CT molecular complexity index is 367. The molecule has 120 valence electrons. The summed E-state index contributed by atoms with van der Waals surface area (Å²) in [6.07, 6.45) is 2.77. The highest BCUT2D eigenvalue weighted by Crippen LogP contribution is 2.17. The molecule has 2 heterocycles. The topological polar surface area (TPSA) is 73.5 Å². The van der Waals surface area contributed by atoms with E-state index in [4.69, 9.17) is 0 Å². The number of rotatable bonds is 4. The van der Waals surface area contributed by atoms with Crippen molar-refractivity contribution in [1.82, 2.24) is 20.9 Å². The van der Waals surface area contributed by atoms with Crippen molar-refractivity contribution >= 4 is 11.9 Å². The fourth-order valence-electron chi connectivity index (χ4n) is 2.88. The maximum atomic E-state index is 12.3. The summed E-state index contributed by atoms with van der Waals surface area (Å²) in [6, 6.07) is 0.214. The second-order valence-electron chi connectivity index (χ2n) is 6.56. The van der Waals surface area contributed by atoms with Crippen LogP contribution < -0.4 is 16.0 Å². The number of carbonyl (C=O) groups excluding carboxylic acids is 2. The van der Waals surface area contributed by atoms with Crippen LogP contribution in [-0.2, 0) is 4.79 Å². The molecule has 0 aromatic rings. The van der Waals surface area contributed by atoms with Crippen LogP contribution in [0.1, 0.15) is 33.1 Å². The molecule has 0 saturated carbocycles. The van der Waals surface area contributed by atoms with Crippen LogP contribution in [0.15, 0.2) is 0 Å². The number of nitrogens with one attached hydrogen (secondary N) is 3. The third-order valence-corrected chi connectivity index (χ3v) is 4.15. The summed E-state index contributed by atoms with van der Waals surface area (Å²) in [7, 11) is 0. The maximum Gasteiger partial charge on any atom is 0.317 e. The van der Waals surface area contributed by atoms with E-state index in [1.165, 1.54) is 0 Å². The van der Waals surface area contributed by atoms with E-state index in [2.05, 4.69) is 29.8 Å². The fourth-order valence-corrected chi connectivity index (χ4v) is 2.88. The van der Waals surface area contributed by atoms with Gasteiger partial charge in [-0.3, -0.25) is 4.79 Å². The SMILES string of the molecule is CC(C)CNC(=O)N1CCCC(C(=O)NC2CCNC2)C1. The summed E-state index contributed by atoms with van der Waals surface area (Å²) in [6.45, 7) is 7.94. The third-order valence-electron chi connectivity index (χ3n) is 4.15. The standard InChI is InChI=1S/C15H28N4O2/c1-11(2)8-17-15(21)19-7-3-4-12(10-19)14(20)18-13-5-6-16-9-13/h11-13,16H,3-10H2,1-2H3,(H,17,21)(H,18,20). The fraction of sp³-hybridized carbons (Fsp3) is 0.867. The molecule has 0 spiro atoms. The average Bonchev–Trinajstić information content (AvgIpc) is 2.97. The Morgan fingerprint density at radius 2 is 2.14 bits per heavy atom. The maximum absolute atomic E-state index is 12.3. The Morgan fingerprint density at radius 3 is 2.81 bits per heavy atom. The highest BCUT2D eigenvalue weighted by atomic mass is 16.2. The lowest BCUT2D eigenvalue weighted by Crippen LogP contribution is -2.50. The second kappa shape index (κ2) is 7.64. The van der Waals surface area contributed by atoms with Gasteiger partial charge in [0.05, 0.1) is 5.92 Å². The predicted octanol–water partition coefficient (Wildman–Crippen LogP) is 0.542. The summed E-state index contributed by atoms with van der Waals surface area (Å²) in [5, 5.41) is 9.27. The Kier molecular flexibility index (Phi) is 5.85. The number of likely N-dealkylation sites (tertiary alicyclic amines) is 1. The summed E-state index contributed by atoms with van der Waals surface area (Å²) in [5.74, 6) is 0.474. The zero-order valence-corrected chi connectivity index (χ0v) is 13.2. The highest BCUT2D eigenvalue weighted by Gasteiger charge is 2.29. The highest BCUT2D eigenvalue weighted by molar-refractivity contribution is 5.81. The summed E-state index contributed by atoms with van der Waals surface area (Å²) < 4.78 is 0. The van der Waals surface area contributed by atoms with Crippen molar-refractivity contribution in [2.45, 2.75) is 39.2 Å². The summed E-state index contributed by atoms with van der Waals surface area (Å²) in [5.41, 5.74) is 0. The van der Waals surface area contributed by atoms with Crippen LogP contribution in [0.5, 0.6) is 0 Å². The van der Waals surface area contributed by atoms with Gasteiger partial charge in [0.25, 0.3) is 0 Å². The normalized spacial score (nSPS) is 26.0. The Labute approximate surface area is 127 Å². The molecule has 6 heteroatoms. The van der Waals surface area contributed by atoms with Gasteiger partial charge in [0.1, 0.15) is 0 Å². The number of urea groups is 1. The molecule has 2 saturated heterocycles. The molecule has 3 N–H and O–H groups in total. The molecule has 21 heavy (non-hydrogen) atoms. The van der Waals surface area contributed by atoms with Crippen molar-refractivity contribution in [3.8, 4) is 0 Å². The number of piperidine rings is 1. The zero-order valence-electron chi connectivity index (χ0n) is 13.2. The monoisotopic (exact) mass is 296 g/mol.